The second-order valence-electron chi connectivity index (χ2n) is 10.1. The largest absolute Gasteiger partial charge is 0.453 e. The summed E-state index contributed by atoms with van der Waals surface area (Å²) in [6.45, 7) is 3.07. The molecular formula is C33H30N4O3. The Morgan fingerprint density at radius 2 is 1.20 bits per heavy atom. The molecule has 0 fully saturated rings. The highest BCUT2D eigenvalue weighted by Gasteiger charge is 2.51. The third kappa shape index (κ3) is 3.89. The maximum Gasteiger partial charge on any atom is 0.202 e. The first-order chi connectivity index (χ1) is 19.7. The molecule has 2 atom stereocenters. The predicted octanol–water partition coefficient (Wildman–Crippen LogP) is 7.20. The number of fused-ring (bicyclic) bond motifs is 4. The Bertz CT molecular complexity index is 1530. The van der Waals surface area contributed by atoms with Crippen LogP contribution in [0.3, 0.4) is 0 Å². The van der Waals surface area contributed by atoms with Crippen LogP contribution in [0.1, 0.15) is 13.3 Å². The number of nitrogens with zero attached hydrogens (tertiary/aromatic N) is 4. The third-order valence-corrected chi connectivity index (χ3v) is 7.54. The lowest BCUT2D eigenvalue weighted by molar-refractivity contribution is -0.0190. The van der Waals surface area contributed by atoms with Gasteiger partial charge in [-0.05, 0) is 61.0 Å². The molecule has 0 saturated heterocycles. The van der Waals surface area contributed by atoms with Crippen LogP contribution >= 0.6 is 0 Å². The number of aliphatic hydroxyl groups is 1. The molecule has 4 aromatic rings. The molecule has 0 aliphatic carbocycles. The molecule has 7 heteroatoms. The van der Waals surface area contributed by atoms with E-state index in [1.165, 1.54) is 0 Å². The minimum Gasteiger partial charge on any atom is -0.453 e. The van der Waals surface area contributed by atoms with Crippen LogP contribution in [0.5, 0.6) is 23.0 Å². The van der Waals surface area contributed by atoms with Gasteiger partial charge in [0.2, 0.25) is 5.72 Å². The molecule has 40 heavy (non-hydrogen) atoms. The van der Waals surface area contributed by atoms with Gasteiger partial charge in [0.15, 0.2) is 29.2 Å². The standard InChI is InChI=1S/C33H30N4O3/c1-2-21-35-22-11-20-34-32(35)33(38,37-26-14-5-9-18-30(26)40-31-19-10-6-15-27(31)37)23-36-24-12-3-7-16-28(24)39-29-17-8-4-13-25(29)36/h3-20,22,32,38H,2,21,23H2,1H3. The molecule has 0 spiro atoms. The van der Waals surface area contributed by atoms with Crippen molar-refractivity contribution in [3.8, 4) is 23.0 Å². The number of aliphatic imine (C=N–C) groups is 1. The smallest absolute Gasteiger partial charge is 0.202 e. The number of para-hydroxylation sites is 8. The van der Waals surface area contributed by atoms with E-state index in [1.54, 1.807) is 6.21 Å². The zero-order valence-electron chi connectivity index (χ0n) is 22.2. The number of anilines is 4. The van der Waals surface area contributed by atoms with E-state index in [0.29, 0.717) is 11.5 Å². The fraction of sp³-hybridized carbons (Fsp3) is 0.182. The van der Waals surface area contributed by atoms with Crippen LogP contribution < -0.4 is 19.3 Å². The summed E-state index contributed by atoms with van der Waals surface area (Å²) in [5.74, 6) is 2.84. The van der Waals surface area contributed by atoms with E-state index in [1.807, 2.05) is 114 Å². The molecule has 3 heterocycles. The number of allylic oxidation sites excluding steroid dienone is 1. The molecule has 3 aliphatic rings. The Balaban J connectivity index is 1.45. The van der Waals surface area contributed by atoms with Gasteiger partial charge in [-0.3, -0.25) is 4.99 Å². The van der Waals surface area contributed by atoms with Crippen molar-refractivity contribution in [2.45, 2.75) is 25.2 Å². The van der Waals surface area contributed by atoms with Gasteiger partial charge in [-0.25, -0.2) is 0 Å². The molecule has 1 N–H and O–H groups in total. The summed E-state index contributed by atoms with van der Waals surface area (Å²) in [5, 5.41) is 13.4. The molecule has 0 amide bonds. The highest BCUT2D eigenvalue weighted by atomic mass is 16.5. The summed E-state index contributed by atoms with van der Waals surface area (Å²) in [6.07, 6.45) is 6.02. The van der Waals surface area contributed by atoms with E-state index >= 15 is 0 Å². The number of β-amino-alcohol motifs (C(OH)–C–C–N with tert-alkyl or cyclic N) is 1. The van der Waals surface area contributed by atoms with Crippen LogP contribution in [0.15, 0.2) is 114 Å². The van der Waals surface area contributed by atoms with Crippen molar-refractivity contribution in [3.63, 3.8) is 0 Å². The number of benzene rings is 4. The molecular weight excluding hydrogens is 500 g/mol. The molecule has 0 radical (unpaired) electrons. The summed E-state index contributed by atoms with van der Waals surface area (Å²) < 4.78 is 12.6. The van der Waals surface area contributed by atoms with Crippen molar-refractivity contribution in [1.29, 1.82) is 0 Å². The van der Waals surface area contributed by atoms with E-state index in [-0.39, 0.29) is 6.54 Å². The molecule has 0 aromatic heterocycles. The van der Waals surface area contributed by atoms with Crippen molar-refractivity contribution in [3.05, 3.63) is 109 Å². The fourth-order valence-electron chi connectivity index (χ4n) is 5.86. The Hall–Kier alpha value is -4.75. The zero-order chi connectivity index (χ0) is 27.1. The molecule has 200 valence electrons. The Morgan fingerprint density at radius 1 is 0.725 bits per heavy atom. The third-order valence-electron chi connectivity index (χ3n) is 7.54. The highest BCUT2D eigenvalue weighted by Crippen LogP contribution is 2.53. The summed E-state index contributed by atoms with van der Waals surface area (Å²) in [4.78, 5) is 11.2. The molecule has 4 aromatic carbocycles. The van der Waals surface area contributed by atoms with E-state index in [0.717, 1.165) is 47.2 Å². The predicted molar refractivity (Wildman–Crippen MR) is 158 cm³/mol. The van der Waals surface area contributed by atoms with Gasteiger partial charge < -0.3 is 29.3 Å². The van der Waals surface area contributed by atoms with Crippen molar-refractivity contribution < 1.29 is 14.6 Å². The number of hydrogen-bond donors (Lipinski definition) is 1. The lowest BCUT2D eigenvalue weighted by Gasteiger charge is -2.51. The molecule has 7 nitrogen and oxygen atoms in total. The quantitative estimate of drug-likeness (QED) is 0.285. The Kier molecular flexibility index (Phi) is 5.94. The maximum atomic E-state index is 13.4. The molecule has 0 saturated carbocycles. The van der Waals surface area contributed by atoms with Crippen molar-refractivity contribution in [2.75, 3.05) is 22.9 Å². The van der Waals surface area contributed by atoms with Crippen LogP contribution in [-0.2, 0) is 0 Å². The van der Waals surface area contributed by atoms with Crippen LogP contribution in [0.25, 0.3) is 0 Å². The minimum absolute atomic E-state index is 0.198. The Labute approximate surface area is 233 Å². The average molecular weight is 531 g/mol. The summed E-state index contributed by atoms with van der Waals surface area (Å²) in [6, 6.07) is 31.6. The second kappa shape index (κ2) is 9.77. The van der Waals surface area contributed by atoms with E-state index in [2.05, 4.69) is 16.7 Å². The van der Waals surface area contributed by atoms with Crippen molar-refractivity contribution in [2.24, 2.45) is 4.99 Å². The molecule has 2 unspecified atom stereocenters. The van der Waals surface area contributed by atoms with Gasteiger partial charge in [-0.2, -0.15) is 0 Å². The first-order valence-electron chi connectivity index (χ1n) is 13.6. The first-order valence-corrected chi connectivity index (χ1v) is 13.6. The minimum atomic E-state index is -1.55. The van der Waals surface area contributed by atoms with Gasteiger partial charge in [-0.15, -0.1) is 0 Å². The first kappa shape index (κ1) is 24.3. The lowest BCUT2D eigenvalue weighted by Crippen LogP contribution is -2.65. The zero-order valence-corrected chi connectivity index (χ0v) is 22.2. The molecule has 3 aliphatic heterocycles. The van der Waals surface area contributed by atoms with E-state index in [9.17, 15) is 5.11 Å². The molecule has 0 bridgehead atoms. The lowest BCUT2D eigenvalue weighted by atomic mass is 9.99. The SMILES string of the molecule is CCCN1C=CC=NC1C(O)(CN1c2ccccc2Oc2ccccc21)N1c2ccccc2Oc2ccccc21. The fourth-order valence-corrected chi connectivity index (χ4v) is 5.86. The topological polar surface area (TPSA) is 60.8 Å². The second-order valence-corrected chi connectivity index (χ2v) is 10.1. The average Bonchev–Trinajstić information content (AvgIpc) is 3.00. The number of rotatable bonds is 6. The number of ether oxygens (including phenoxy) is 2. The van der Waals surface area contributed by atoms with Gasteiger partial charge in [0.1, 0.15) is 0 Å². The Morgan fingerprint density at radius 3 is 1.73 bits per heavy atom. The monoisotopic (exact) mass is 530 g/mol. The van der Waals surface area contributed by atoms with Crippen LogP contribution in [0, 0.1) is 0 Å². The summed E-state index contributed by atoms with van der Waals surface area (Å²) >= 11 is 0. The van der Waals surface area contributed by atoms with E-state index in [4.69, 9.17) is 14.5 Å². The normalized spacial score (nSPS) is 18.1. The summed E-state index contributed by atoms with van der Waals surface area (Å²) in [7, 11) is 0. The highest BCUT2D eigenvalue weighted by molar-refractivity contribution is 5.82. The van der Waals surface area contributed by atoms with Crippen LogP contribution in [0.4, 0.5) is 22.7 Å². The van der Waals surface area contributed by atoms with Gasteiger partial charge in [0.05, 0.1) is 29.3 Å². The van der Waals surface area contributed by atoms with E-state index < -0.39 is 11.9 Å². The van der Waals surface area contributed by atoms with Crippen LogP contribution in [0.2, 0.25) is 0 Å². The van der Waals surface area contributed by atoms with Crippen molar-refractivity contribution in [1.82, 2.24) is 4.90 Å². The van der Waals surface area contributed by atoms with Gasteiger partial charge >= 0.3 is 0 Å². The van der Waals surface area contributed by atoms with Crippen LogP contribution in [-0.4, -0.2) is 41.2 Å². The van der Waals surface area contributed by atoms with Gasteiger partial charge in [-0.1, -0.05) is 55.5 Å². The molecule has 7 rings (SSSR count). The van der Waals surface area contributed by atoms with Gasteiger partial charge in [0, 0.05) is 19.0 Å². The summed E-state index contributed by atoms with van der Waals surface area (Å²) in [5.41, 5.74) is 1.77. The maximum absolute atomic E-state index is 13.4. The van der Waals surface area contributed by atoms with Gasteiger partial charge in [0.25, 0.3) is 0 Å². The number of hydrogen-bond acceptors (Lipinski definition) is 7. The van der Waals surface area contributed by atoms with Crippen molar-refractivity contribution >= 4 is 29.0 Å².